The Balaban J connectivity index is 1.42. The fraction of sp³-hybridized carbons (Fsp3) is 0.531. The van der Waals surface area contributed by atoms with E-state index in [-0.39, 0.29) is 11.4 Å². The molecule has 0 unspecified atom stereocenters. The van der Waals surface area contributed by atoms with Gasteiger partial charge in [-0.3, -0.25) is 4.79 Å². The molecule has 3 rings (SSSR count). The molecule has 3 aromatic rings. The molecule has 0 N–H and O–H groups in total. The van der Waals surface area contributed by atoms with Crippen LogP contribution in [0.25, 0.3) is 21.5 Å². The van der Waals surface area contributed by atoms with Gasteiger partial charge in [0, 0.05) is 6.42 Å². The minimum atomic E-state index is -0.0426. The van der Waals surface area contributed by atoms with E-state index in [1.807, 2.05) is 0 Å². The number of esters is 1. The van der Waals surface area contributed by atoms with Crippen LogP contribution >= 0.6 is 0 Å². The van der Waals surface area contributed by atoms with E-state index in [0.29, 0.717) is 13.0 Å². The molecule has 0 bridgehead atoms. The fourth-order valence-corrected chi connectivity index (χ4v) is 4.85. The van der Waals surface area contributed by atoms with E-state index in [0.717, 1.165) is 19.3 Å². The molecule has 3 aromatic carbocycles. The number of carbonyl (C=O) groups is 1. The third-order valence-corrected chi connectivity index (χ3v) is 7.18. The molecule has 0 spiro atoms. The van der Waals surface area contributed by atoms with Crippen LogP contribution in [0.2, 0.25) is 0 Å². The number of aryl methyl sites for hydroxylation is 1. The lowest BCUT2D eigenvalue weighted by molar-refractivity contribution is -0.143. The van der Waals surface area contributed by atoms with Gasteiger partial charge in [-0.1, -0.05) is 108 Å². The summed E-state index contributed by atoms with van der Waals surface area (Å²) in [7, 11) is 0. The standard InChI is InChI=1S/C32H44O2/c1-5-6-7-8-9-10-11-12-20-34-31(33)14-13-19-32(3,4)30-18-17-27-22-28-21-25(2)15-16-26(28)23-29(27)24-30/h15-18,21-24H,5-14,19-20H2,1-4H3. The molecule has 0 aromatic heterocycles. The van der Waals surface area contributed by atoms with Crippen molar-refractivity contribution < 1.29 is 9.53 Å². The second-order valence-electron chi connectivity index (χ2n) is 10.7. The van der Waals surface area contributed by atoms with Gasteiger partial charge in [0.05, 0.1) is 6.61 Å². The quantitative estimate of drug-likeness (QED) is 0.136. The van der Waals surface area contributed by atoms with Gasteiger partial charge in [-0.2, -0.15) is 0 Å². The molecular weight excluding hydrogens is 416 g/mol. The predicted molar refractivity (Wildman–Crippen MR) is 147 cm³/mol. The summed E-state index contributed by atoms with van der Waals surface area (Å²) < 4.78 is 5.48. The van der Waals surface area contributed by atoms with Crippen molar-refractivity contribution in [1.82, 2.24) is 0 Å². The molecule has 0 aliphatic carbocycles. The Morgan fingerprint density at radius 3 is 2.06 bits per heavy atom. The van der Waals surface area contributed by atoms with E-state index in [1.165, 1.54) is 77.6 Å². The van der Waals surface area contributed by atoms with Gasteiger partial charge in [-0.25, -0.2) is 0 Å². The lowest BCUT2D eigenvalue weighted by Gasteiger charge is -2.25. The Labute approximate surface area is 207 Å². The number of hydrogen-bond acceptors (Lipinski definition) is 2. The summed E-state index contributed by atoms with van der Waals surface area (Å²) in [5.41, 5.74) is 2.65. The van der Waals surface area contributed by atoms with Gasteiger partial charge in [0.15, 0.2) is 0 Å². The highest BCUT2D eigenvalue weighted by Crippen LogP contribution is 2.33. The maximum absolute atomic E-state index is 12.2. The molecule has 0 aliphatic rings. The lowest BCUT2D eigenvalue weighted by Crippen LogP contribution is -2.18. The predicted octanol–water partition coefficient (Wildman–Crippen LogP) is 9.43. The molecule has 2 heteroatoms. The molecule has 0 saturated heterocycles. The molecule has 184 valence electrons. The number of benzene rings is 3. The zero-order valence-electron chi connectivity index (χ0n) is 21.9. The highest BCUT2D eigenvalue weighted by atomic mass is 16.5. The van der Waals surface area contributed by atoms with Gasteiger partial charge >= 0.3 is 5.97 Å². The van der Waals surface area contributed by atoms with E-state index in [4.69, 9.17) is 4.74 Å². The molecule has 0 amide bonds. The first-order valence-electron chi connectivity index (χ1n) is 13.5. The summed E-state index contributed by atoms with van der Waals surface area (Å²) in [5.74, 6) is -0.0426. The SMILES string of the molecule is CCCCCCCCCCOC(=O)CCCC(C)(C)c1ccc2cc3cc(C)ccc3cc2c1. The fourth-order valence-electron chi connectivity index (χ4n) is 4.85. The van der Waals surface area contributed by atoms with E-state index < -0.39 is 0 Å². The molecule has 0 fully saturated rings. The van der Waals surface area contributed by atoms with Crippen molar-refractivity contribution in [2.45, 2.75) is 104 Å². The van der Waals surface area contributed by atoms with E-state index in [9.17, 15) is 4.79 Å². The first kappa shape index (κ1) is 26.3. The van der Waals surface area contributed by atoms with Gasteiger partial charge in [0.2, 0.25) is 0 Å². The van der Waals surface area contributed by atoms with Gasteiger partial charge in [-0.05, 0) is 70.8 Å². The summed E-state index contributed by atoms with van der Waals surface area (Å²) in [6, 6.07) is 18.0. The highest BCUT2D eigenvalue weighted by molar-refractivity contribution is 5.98. The normalized spacial score (nSPS) is 11.9. The summed E-state index contributed by atoms with van der Waals surface area (Å²) in [6.07, 6.45) is 12.4. The molecular formula is C32H44O2. The average molecular weight is 461 g/mol. The maximum Gasteiger partial charge on any atom is 0.305 e. The largest absolute Gasteiger partial charge is 0.466 e. The molecule has 0 saturated carbocycles. The Hall–Kier alpha value is -2.35. The highest BCUT2D eigenvalue weighted by Gasteiger charge is 2.21. The van der Waals surface area contributed by atoms with Crippen LogP contribution in [-0.4, -0.2) is 12.6 Å². The molecule has 0 radical (unpaired) electrons. The number of unbranched alkanes of at least 4 members (excludes halogenated alkanes) is 7. The monoisotopic (exact) mass is 460 g/mol. The van der Waals surface area contributed by atoms with Crippen molar-refractivity contribution in [3.8, 4) is 0 Å². The van der Waals surface area contributed by atoms with Gasteiger partial charge in [-0.15, -0.1) is 0 Å². The Morgan fingerprint density at radius 1 is 0.735 bits per heavy atom. The van der Waals surface area contributed by atoms with Gasteiger partial charge < -0.3 is 4.74 Å². The van der Waals surface area contributed by atoms with Crippen molar-refractivity contribution in [3.63, 3.8) is 0 Å². The number of carbonyl (C=O) groups excluding carboxylic acids is 1. The Kier molecular flexibility index (Phi) is 9.99. The number of hydrogen-bond donors (Lipinski definition) is 0. The smallest absolute Gasteiger partial charge is 0.305 e. The van der Waals surface area contributed by atoms with Crippen LogP contribution in [0.15, 0.2) is 48.5 Å². The summed E-state index contributed by atoms with van der Waals surface area (Å²) >= 11 is 0. The van der Waals surface area contributed by atoms with E-state index in [1.54, 1.807) is 0 Å². The minimum absolute atomic E-state index is 0.0223. The van der Waals surface area contributed by atoms with Crippen molar-refractivity contribution in [2.75, 3.05) is 6.61 Å². The molecule has 0 aliphatic heterocycles. The molecule has 0 atom stereocenters. The van der Waals surface area contributed by atoms with Gasteiger partial charge in [0.25, 0.3) is 0 Å². The Bertz CT molecular complexity index is 1060. The summed E-state index contributed by atoms with van der Waals surface area (Å²) in [5, 5.41) is 5.14. The van der Waals surface area contributed by atoms with Crippen molar-refractivity contribution in [3.05, 3.63) is 59.7 Å². The van der Waals surface area contributed by atoms with Crippen LogP contribution in [0.5, 0.6) is 0 Å². The molecule has 0 heterocycles. The van der Waals surface area contributed by atoms with Crippen LogP contribution in [0.1, 0.15) is 103 Å². The van der Waals surface area contributed by atoms with Crippen molar-refractivity contribution >= 4 is 27.5 Å². The third-order valence-electron chi connectivity index (χ3n) is 7.18. The number of rotatable bonds is 14. The van der Waals surface area contributed by atoms with Crippen LogP contribution in [0.3, 0.4) is 0 Å². The lowest BCUT2D eigenvalue weighted by atomic mass is 9.79. The Morgan fingerprint density at radius 2 is 1.35 bits per heavy atom. The van der Waals surface area contributed by atoms with Crippen LogP contribution in [-0.2, 0) is 14.9 Å². The first-order chi connectivity index (χ1) is 16.4. The molecule has 34 heavy (non-hydrogen) atoms. The average Bonchev–Trinajstić information content (AvgIpc) is 2.81. The second-order valence-corrected chi connectivity index (χ2v) is 10.7. The number of ether oxygens (including phenoxy) is 1. The third kappa shape index (κ3) is 7.86. The van der Waals surface area contributed by atoms with Gasteiger partial charge in [0.1, 0.15) is 0 Å². The maximum atomic E-state index is 12.2. The summed E-state index contributed by atoms with van der Waals surface area (Å²) in [6.45, 7) is 9.53. The second kappa shape index (κ2) is 12.9. The molecule has 2 nitrogen and oxygen atoms in total. The first-order valence-corrected chi connectivity index (χ1v) is 13.5. The minimum Gasteiger partial charge on any atom is -0.466 e. The van der Waals surface area contributed by atoms with Crippen molar-refractivity contribution in [2.24, 2.45) is 0 Å². The van der Waals surface area contributed by atoms with E-state index >= 15 is 0 Å². The van der Waals surface area contributed by atoms with Crippen molar-refractivity contribution in [1.29, 1.82) is 0 Å². The van der Waals surface area contributed by atoms with E-state index in [2.05, 4.69) is 76.2 Å². The topological polar surface area (TPSA) is 26.3 Å². The zero-order valence-corrected chi connectivity index (χ0v) is 21.9. The summed E-state index contributed by atoms with van der Waals surface area (Å²) in [4.78, 5) is 12.2. The van der Waals surface area contributed by atoms with Crippen LogP contribution in [0.4, 0.5) is 0 Å². The zero-order chi connectivity index (χ0) is 24.4. The van der Waals surface area contributed by atoms with Crippen LogP contribution < -0.4 is 0 Å². The number of fused-ring (bicyclic) bond motifs is 2. The van der Waals surface area contributed by atoms with Crippen LogP contribution in [0, 0.1) is 6.92 Å².